The second-order valence-corrected chi connectivity index (χ2v) is 7.02. The lowest BCUT2D eigenvalue weighted by molar-refractivity contribution is -0.117. The summed E-state index contributed by atoms with van der Waals surface area (Å²) in [5.41, 5.74) is 3.11. The van der Waals surface area contributed by atoms with Crippen LogP contribution in [-0.2, 0) is 9.59 Å². The summed E-state index contributed by atoms with van der Waals surface area (Å²) >= 11 is 6.08. The van der Waals surface area contributed by atoms with Crippen LogP contribution in [0.5, 0.6) is 0 Å². The van der Waals surface area contributed by atoms with Crippen molar-refractivity contribution >= 4 is 40.5 Å². The molecule has 2 amide bonds. The molecule has 5 nitrogen and oxygen atoms in total. The monoisotopic (exact) mass is 371 g/mol. The molecule has 3 rings (SSSR count). The van der Waals surface area contributed by atoms with Crippen molar-refractivity contribution in [3.63, 3.8) is 0 Å². The molecule has 0 radical (unpaired) electrons. The second-order valence-electron chi connectivity index (χ2n) is 6.61. The van der Waals surface area contributed by atoms with Crippen molar-refractivity contribution in [2.45, 2.75) is 32.7 Å². The molecule has 0 aliphatic heterocycles. The van der Waals surface area contributed by atoms with Crippen molar-refractivity contribution in [2.75, 3.05) is 16.0 Å². The lowest BCUT2D eigenvalue weighted by Gasteiger charge is -2.17. The number of benzene rings is 2. The molecule has 0 bridgehead atoms. The first-order valence-electron chi connectivity index (χ1n) is 8.67. The molecule has 0 saturated heterocycles. The minimum atomic E-state index is -0.430. The maximum absolute atomic E-state index is 12.4. The Bertz CT molecular complexity index is 816. The van der Waals surface area contributed by atoms with Gasteiger partial charge < -0.3 is 16.0 Å². The standard InChI is InChI=1S/C20H22ClN3O2/c1-12-17(21)4-3-5-18(12)24-19(25)13(2)22-15-8-10-16(11-9-15)23-20(26)14-6-7-14/h3-5,8-11,13-14,22H,6-7H2,1-2H3,(H,23,26)(H,24,25). The molecule has 0 heterocycles. The van der Waals surface area contributed by atoms with E-state index in [9.17, 15) is 9.59 Å². The molecule has 1 aliphatic carbocycles. The zero-order valence-corrected chi connectivity index (χ0v) is 15.6. The summed E-state index contributed by atoms with van der Waals surface area (Å²) in [5.74, 6) is 0.100. The predicted octanol–water partition coefficient (Wildman–Crippen LogP) is 4.44. The number of carbonyl (C=O) groups excluding carboxylic acids is 2. The molecule has 1 atom stereocenters. The van der Waals surface area contributed by atoms with Gasteiger partial charge in [0.15, 0.2) is 0 Å². The van der Waals surface area contributed by atoms with Crippen molar-refractivity contribution in [3.05, 3.63) is 53.1 Å². The zero-order valence-electron chi connectivity index (χ0n) is 14.8. The summed E-state index contributed by atoms with van der Waals surface area (Å²) in [4.78, 5) is 24.2. The first-order valence-corrected chi connectivity index (χ1v) is 9.05. The Labute approximate surface area is 158 Å². The molecule has 136 valence electrons. The van der Waals surface area contributed by atoms with Crippen LogP contribution in [0.2, 0.25) is 5.02 Å². The topological polar surface area (TPSA) is 70.2 Å². The number of carbonyl (C=O) groups is 2. The molecule has 1 fully saturated rings. The Hall–Kier alpha value is -2.53. The highest BCUT2D eigenvalue weighted by Crippen LogP contribution is 2.30. The number of halogens is 1. The molecular weight excluding hydrogens is 350 g/mol. The van der Waals surface area contributed by atoms with Gasteiger partial charge in [0.05, 0.1) is 0 Å². The molecule has 2 aromatic carbocycles. The molecule has 1 unspecified atom stereocenters. The molecule has 6 heteroatoms. The summed E-state index contributed by atoms with van der Waals surface area (Å²) in [5, 5.41) is 9.55. The highest BCUT2D eigenvalue weighted by molar-refractivity contribution is 6.31. The zero-order chi connectivity index (χ0) is 18.7. The van der Waals surface area contributed by atoms with Crippen LogP contribution in [0.15, 0.2) is 42.5 Å². The molecule has 26 heavy (non-hydrogen) atoms. The Balaban J connectivity index is 1.56. The summed E-state index contributed by atoms with van der Waals surface area (Å²) in [6, 6.07) is 12.3. The average molecular weight is 372 g/mol. The van der Waals surface area contributed by atoms with Crippen LogP contribution in [0.4, 0.5) is 17.1 Å². The van der Waals surface area contributed by atoms with E-state index in [1.54, 1.807) is 19.1 Å². The fourth-order valence-electron chi connectivity index (χ4n) is 2.54. The Morgan fingerprint density at radius 1 is 1.04 bits per heavy atom. The van der Waals surface area contributed by atoms with Gasteiger partial charge in [-0.25, -0.2) is 0 Å². The number of rotatable bonds is 6. The third-order valence-corrected chi connectivity index (χ3v) is 4.81. The van der Waals surface area contributed by atoms with Gasteiger partial charge in [0.2, 0.25) is 11.8 Å². The van der Waals surface area contributed by atoms with Gasteiger partial charge in [-0.05, 0) is 68.7 Å². The van der Waals surface area contributed by atoms with Crippen molar-refractivity contribution in [2.24, 2.45) is 5.92 Å². The SMILES string of the molecule is Cc1c(Cl)cccc1NC(=O)C(C)Nc1ccc(NC(=O)C2CC2)cc1. The minimum Gasteiger partial charge on any atom is -0.374 e. The number of hydrogen-bond donors (Lipinski definition) is 3. The fourth-order valence-corrected chi connectivity index (χ4v) is 2.71. The van der Waals surface area contributed by atoms with Crippen molar-refractivity contribution < 1.29 is 9.59 Å². The van der Waals surface area contributed by atoms with Gasteiger partial charge in [0, 0.05) is 28.0 Å². The Morgan fingerprint density at radius 3 is 2.35 bits per heavy atom. The molecular formula is C20H22ClN3O2. The number of hydrogen-bond acceptors (Lipinski definition) is 3. The molecule has 0 aromatic heterocycles. The smallest absolute Gasteiger partial charge is 0.246 e. The molecule has 0 spiro atoms. The van der Waals surface area contributed by atoms with E-state index >= 15 is 0 Å². The van der Waals surface area contributed by atoms with Gasteiger partial charge in [0.25, 0.3) is 0 Å². The van der Waals surface area contributed by atoms with E-state index in [2.05, 4.69) is 16.0 Å². The van der Waals surface area contributed by atoms with E-state index < -0.39 is 6.04 Å². The minimum absolute atomic E-state index is 0.0790. The summed E-state index contributed by atoms with van der Waals surface area (Å²) in [6.45, 7) is 3.66. The van der Waals surface area contributed by atoms with E-state index in [0.717, 1.165) is 29.8 Å². The lowest BCUT2D eigenvalue weighted by Crippen LogP contribution is -2.32. The van der Waals surface area contributed by atoms with Crippen LogP contribution in [0.25, 0.3) is 0 Å². The number of amides is 2. The maximum Gasteiger partial charge on any atom is 0.246 e. The summed E-state index contributed by atoms with van der Waals surface area (Å²) in [7, 11) is 0. The molecule has 2 aromatic rings. The fraction of sp³-hybridized carbons (Fsp3) is 0.300. The van der Waals surface area contributed by atoms with Crippen LogP contribution in [0.1, 0.15) is 25.3 Å². The van der Waals surface area contributed by atoms with Crippen LogP contribution >= 0.6 is 11.6 Å². The normalized spacial score (nSPS) is 14.4. The number of anilines is 3. The first-order chi connectivity index (χ1) is 12.4. The van der Waals surface area contributed by atoms with Gasteiger partial charge >= 0.3 is 0 Å². The van der Waals surface area contributed by atoms with E-state index in [-0.39, 0.29) is 17.7 Å². The predicted molar refractivity (Wildman–Crippen MR) is 106 cm³/mol. The van der Waals surface area contributed by atoms with Gasteiger partial charge in [-0.1, -0.05) is 17.7 Å². The van der Waals surface area contributed by atoms with Crippen molar-refractivity contribution in [1.29, 1.82) is 0 Å². The largest absolute Gasteiger partial charge is 0.374 e. The quantitative estimate of drug-likeness (QED) is 0.703. The van der Waals surface area contributed by atoms with Crippen LogP contribution in [0, 0.1) is 12.8 Å². The van der Waals surface area contributed by atoms with Crippen LogP contribution in [-0.4, -0.2) is 17.9 Å². The van der Waals surface area contributed by atoms with E-state index in [1.165, 1.54) is 0 Å². The first kappa shape index (κ1) is 18.3. The van der Waals surface area contributed by atoms with E-state index in [4.69, 9.17) is 11.6 Å². The summed E-state index contributed by atoms with van der Waals surface area (Å²) in [6.07, 6.45) is 1.95. The maximum atomic E-state index is 12.4. The Kier molecular flexibility index (Phi) is 5.47. The molecule has 1 aliphatic rings. The van der Waals surface area contributed by atoms with E-state index in [1.807, 2.05) is 37.3 Å². The second kappa shape index (κ2) is 7.79. The van der Waals surface area contributed by atoms with Gasteiger partial charge in [0.1, 0.15) is 6.04 Å². The lowest BCUT2D eigenvalue weighted by atomic mass is 10.2. The van der Waals surface area contributed by atoms with Crippen molar-refractivity contribution in [1.82, 2.24) is 0 Å². The third-order valence-electron chi connectivity index (χ3n) is 4.40. The van der Waals surface area contributed by atoms with Crippen LogP contribution in [0.3, 0.4) is 0 Å². The van der Waals surface area contributed by atoms with Crippen molar-refractivity contribution in [3.8, 4) is 0 Å². The summed E-state index contributed by atoms with van der Waals surface area (Å²) < 4.78 is 0. The highest BCUT2D eigenvalue weighted by Gasteiger charge is 2.29. The van der Waals surface area contributed by atoms with E-state index in [0.29, 0.717) is 10.7 Å². The van der Waals surface area contributed by atoms with Gasteiger partial charge in [-0.3, -0.25) is 9.59 Å². The third kappa shape index (κ3) is 4.55. The van der Waals surface area contributed by atoms with Gasteiger partial charge in [-0.2, -0.15) is 0 Å². The Morgan fingerprint density at radius 2 is 1.69 bits per heavy atom. The highest BCUT2D eigenvalue weighted by atomic mass is 35.5. The number of nitrogens with one attached hydrogen (secondary N) is 3. The molecule has 3 N–H and O–H groups in total. The van der Waals surface area contributed by atoms with Crippen LogP contribution < -0.4 is 16.0 Å². The average Bonchev–Trinajstić information content (AvgIpc) is 3.45. The molecule has 1 saturated carbocycles. The van der Waals surface area contributed by atoms with Gasteiger partial charge in [-0.15, -0.1) is 0 Å².